The van der Waals surface area contributed by atoms with Gasteiger partial charge in [0.1, 0.15) is 6.04 Å². The molecule has 0 unspecified atom stereocenters. The van der Waals surface area contributed by atoms with Crippen molar-refractivity contribution in [3.05, 3.63) is 16.1 Å². The van der Waals surface area contributed by atoms with Crippen molar-refractivity contribution >= 4 is 17.3 Å². The van der Waals surface area contributed by atoms with Gasteiger partial charge >= 0.3 is 5.97 Å². The number of hydrogen-bond donors (Lipinski definition) is 1. The van der Waals surface area contributed by atoms with Crippen molar-refractivity contribution in [3.63, 3.8) is 0 Å². The fourth-order valence-electron chi connectivity index (χ4n) is 2.53. The summed E-state index contributed by atoms with van der Waals surface area (Å²) in [5.74, 6) is -0.693. The summed E-state index contributed by atoms with van der Waals surface area (Å²) in [7, 11) is 0. The first-order chi connectivity index (χ1) is 9.20. The van der Waals surface area contributed by atoms with Crippen LogP contribution in [0.25, 0.3) is 0 Å². The second-order valence-corrected chi connectivity index (χ2v) is 6.10. The second-order valence-electron chi connectivity index (χ2n) is 5.16. The first kappa shape index (κ1) is 14.5. The lowest BCUT2D eigenvalue weighted by Gasteiger charge is -2.32. The molecule has 0 amide bonds. The number of thiazole rings is 1. The maximum absolute atomic E-state index is 11.2. The Bertz CT molecular complexity index is 419. The van der Waals surface area contributed by atoms with Gasteiger partial charge in [0.15, 0.2) is 0 Å². The number of nitrogens with zero attached hydrogens (tertiary/aromatic N) is 2. The fourth-order valence-corrected chi connectivity index (χ4v) is 3.36. The summed E-state index contributed by atoms with van der Waals surface area (Å²) in [6.45, 7) is 3.73. The highest BCUT2D eigenvalue weighted by Gasteiger charge is 2.28. The number of unbranched alkanes of at least 4 members (excludes halogenated alkanes) is 1. The first-order valence-electron chi connectivity index (χ1n) is 7.11. The van der Waals surface area contributed by atoms with Crippen molar-refractivity contribution in [2.75, 3.05) is 6.54 Å². The van der Waals surface area contributed by atoms with E-state index in [4.69, 9.17) is 0 Å². The summed E-state index contributed by atoms with van der Waals surface area (Å²) in [5.41, 5.74) is 1.03. The van der Waals surface area contributed by atoms with Crippen LogP contribution in [0.4, 0.5) is 0 Å². The zero-order valence-corrected chi connectivity index (χ0v) is 12.3. The molecule has 106 valence electrons. The lowest BCUT2D eigenvalue weighted by atomic mass is 10.0. The maximum Gasteiger partial charge on any atom is 0.320 e. The van der Waals surface area contributed by atoms with Crippen LogP contribution >= 0.6 is 11.3 Å². The Labute approximate surface area is 118 Å². The summed E-state index contributed by atoms with van der Waals surface area (Å²) in [6.07, 6.45) is 6.28. The van der Waals surface area contributed by atoms with E-state index in [1.54, 1.807) is 11.3 Å². The average molecular weight is 282 g/mol. The number of carboxylic acid groups (broad SMARTS) is 1. The molecule has 1 fully saturated rings. The first-order valence-corrected chi connectivity index (χ1v) is 7.98. The van der Waals surface area contributed by atoms with Crippen molar-refractivity contribution in [2.24, 2.45) is 0 Å². The molecule has 0 saturated carbocycles. The molecule has 2 rings (SSSR count). The topological polar surface area (TPSA) is 53.4 Å². The van der Waals surface area contributed by atoms with E-state index in [0.29, 0.717) is 6.54 Å². The third kappa shape index (κ3) is 4.01. The molecule has 0 spiro atoms. The van der Waals surface area contributed by atoms with Crippen molar-refractivity contribution in [1.82, 2.24) is 9.88 Å². The van der Waals surface area contributed by atoms with Crippen LogP contribution in [-0.2, 0) is 17.8 Å². The predicted molar refractivity (Wildman–Crippen MR) is 76.4 cm³/mol. The van der Waals surface area contributed by atoms with Crippen LogP contribution in [0, 0.1) is 0 Å². The largest absolute Gasteiger partial charge is 0.480 e. The van der Waals surface area contributed by atoms with Crippen LogP contribution < -0.4 is 0 Å². The van der Waals surface area contributed by atoms with Crippen LogP contribution in [0.15, 0.2) is 5.38 Å². The van der Waals surface area contributed by atoms with Crippen molar-refractivity contribution in [1.29, 1.82) is 0 Å². The number of aromatic nitrogens is 1. The lowest BCUT2D eigenvalue weighted by Crippen LogP contribution is -2.44. The summed E-state index contributed by atoms with van der Waals surface area (Å²) in [6, 6.07) is -0.324. The van der Waals surface area contributed by atoms with Gasteiger partial charge in [0.05, 0.1) is 10.7 Å². The number of piperidine rings is 1. The third-order valence-corrected chi connectivity index (χ3v) is 4.56. The Hall–Kier alpha value is -0.940. The Balaban J connectivity index is 1.94. The minimum absolute atomic E-state index is 0.324. The summed E-state index contributed by atoms with van der Waals surface area (Å²) >= 11 is 1.70. The Kier molecular flexibility index (Phi) is 5.34. The van der Waals surface area contributed by atoms with Crippen LogP contribution in [0.5, 0.6) is 0 Å². The molecule has 4 nitrogen and oxygen atoms in total. The Morgan fingerprint density at radius 2 is 2.42 bits per heavy atom. The SMILES string of the molecule is CCCCc1nc(CN2CCCC[C@H]2C(=O)O)cs1. The van der Waals surface area contributed by atoms with Gasteiger partial charge in [-0.1, -0.05) is 19.8 Å². The Morgan fingerprint density at radius 1 is 1.58 bits per heavy atom. The number of hydrogen-bond acceptors (Lipinski definition) is 4. The monoisotopic (exact) mass is 282 g/mol. The molecule has 1 atom stereocenters. The molecule has 0 aromatic carbocycles. The van der Waals surface area contributed by atoms with E-state index < -0.39 is 5.97 Å². The van der Waals surface area contributed by atoms with Gasteiger partial charge in [-0.3, -0.25) is 9.69 Å². The molecule has 1 aromatic heterocycles. The van der Waals surface area contributed by atoms with Gasteiger partial charge in [-0.2, -0.15) is 0 Å². The molecule has 19 heavy (non-hydrogen) atoms. The van der Waals surface area contributed by atoms with Gasteiger partial charge in [0, 0.05) is 11.9 Å². The van der Waals surface area contributed by atoms with Gasteiger partial charge in [-0.25, -0.2) is 4.98 Å². The van der Waals surface area contributed by atoms with E-state index in [-0.39, 0.29) is 6.04 Å². The standard InChI is InChI=1S/C14H22N2O2S/c1-2-3-7-13-15-11(10-19-13)9-16-8-5-4-6-12(16)14(17)18/h10,12H,2-9H2,1H3,(H,17,18)/t12-/m0/s1. The van der Waals surface area contributed by atoms with Crippen LogP contribution in [-0.4, -0.2) is 33.5 Å². The smallest absolute Gasteiger partial charge is 0.320 e. The van der Waals surface area contributed by atoms with Gasteiger partial charge in [-0.05, 0) is 32.2 Å². The zero-order valence-electron chi connectivity index (χ0n) is 11.5. The summed E-state index contributed by atoms with van der Waals surface area (Å²) in [4.78, 5) is 17.9. The van der Waals surface area contributed by atoms with Gasteiger partial charge < -0.3 is 5.11 Å². The lowest BCUT2D eigenvalue weighted by molar-refractivity contribution is -0.144. The molecule has 1 N–H and O–H groups in total. The van der Waals surface area contributed by atoms with Crippen molar-refractivity contribution in [2.45, 2.75) is 58.0 Å². The zero-order chi connectivity index (χ0) is 13.7. The number of aryl methyl sites for hydroxylation is 1. The van der Waals surface area contributed by atoms with E-state index in [2.05, 4.69) is 22.2 Å². The predicted octanol–water partition coefficient (Wildman–Crippen LogP) is 2.92. The van der Waals surface area contributed by atoms with Crippen LogP contribution in [0.3, 0.4) is 0 Å². The molecular weight excluding hydrogens is 260 g/mol. The molecule has 0 aliphatic carbocycles. The van der Waals surface area contributed by atoms with E-state index >= 15 is 0 Å². The molecular formula is C14H22N2O2S. The average Bonchev–Trinajstić information content (AvgIpc) is 2.84. The Morgan fingerprint density at radius 3 is 3.16 bits per heavy atom. The molecule has 0 bridgehead atoms. The fraction of sp³-hybridized carbons (Fsp3) is 0.714. The van der Waals surface area contributed by atoms with E-state index in [9.17, 15) is 9.90 Å². The molecule has 1 aliphatic rings. The van der Waals surface area contributed by atoms with Gasteiger partial charge in [0.2, 0.25) is 0 Å². The highest BCUT2D eigenvalue weighted by atomic mass is 32.1. The normalized spacial score (nSPS) is 20.6. The number of likely N-dealkylation sites (tertiary alicyclic amines) is 1. The number of aliphatic carboxylic acids is 1. The second kappa shape index (κ2) is 7.01. The highest BCUT2D eigenvalue weighted by molar-refractivity contribution is 7.09. The van der Waals surface area contributed by atoms with E-state index in [1.165, 1.54) is 17.8 Å². The molecule has 1 aliphatic heterocycles. The third-order valence-electron chi connectivity index (χ3n) is 3.61. The number of carboxylic acids is 1. The summed E-state index contributed by atoms with van der Waals surface area (Å²) < 4.78 is 0. The quantitative estimate of drug-likeness (QED) is 0.871. The highest BCUT2D eigenvalue weighted by Crippen LogP contribution is 2.21. The molecule has 1 saturated heterocycles. The number of carbonyl (C=O) groups is 1. The molecule has 1 aromatic rings. The molecule has 5 heteroatoms. The molecule has 2 heterocycles. The molecule has 0 radical (unpaired) electrons. The maximum atomic E-state index is 11.2. The van der Waals surface area contributed by atoms with E-state index in [0.717, 1.165) is 37.9 Å². The number of rotatable bonds is 6. The van der Waals surface area contributed by atoms with Crippen LogP contribution in [0.1, 0.15) is 49.7 Å². The summed E-state index contributed by atoms with van der Waals surface area (Å²) in [5, 5.41) is 12.5. The minimum atomic E-state index is -0.693. The van der Waals surface area contributed by atoms with E-state index in [1.807, 2.05) is 0 Å². The van der Waals surface area contributed by atoms with Crippen LogP contribution in [0.2, 0.25) is 0 Å². The van der Waals surface area contributed by atoms with Crippen molar-refractivity contribution < 1.29 is 9.90 Å². The minimum Gasteiger partial charge on any atom is -0.480 e. The van der Waals surface area contributed by atoms with Gasteiger partial charge in [0.25, 0.3) is 0 Å². The van der Waals surface area contributed by atoms with Gasteiger partial charge in [-0.15, -0.1) is 11.3 Å². The van der Waals surface area contributed by atoms with Crippen molar-refractivity contribution in [3.8, 4) is 0 Å².